The fourth-order valence-corrected chi connectivity index (χ4v) is 3.57. The van der Waals surface area contributed by atoms with Crippen LogP contribution in [0.15, 0.2) is 48.5 Å². The van der Waals surface area contributed by atoms with Gasteiger partial charge in [-0.1, -0.05) is 18.2 Å². The zero-order valence-corrected chi connectivity index (χ0v) is 14.6. The number of nitrogens with one attached hydrogen (secondary N) is 1. The van der Waals surface area contributed by atoms with Gasteiger partial charge in [0.1, 0.15) is 17.7 Å². The summed E-state index contributed by atoms with van der Waals surface area (Å²) in [7, 11) is -3.82. The molecule has 0 saturated heterocycles. The third-order valence-corrected chi connectivity index (χ3v) is 4.75. The van der Waals surface area contributed by atoms with Crippen LogP contribution >= 0.6 is 0 Å². The van der Waals surface area contributed by atoms with Crippen molar-refractivity contribution in [3.05, 3.63) is 65.7 Å². The number of carbonyl (C=O) groups excluding carboxylic acids is 1. The Morgan fingerprint density at radius 2 is 1.72 bits per heavy atom. The van der Waals surface area contributed by atoms with Crippen LogP contribution < -0.4 is 9.62 Å². The van der Waals surface area contributed by atoms with Crippen molar-refractivity contribution in [2.45, 2.75) is 19.5 Å². The highest BCUT2D eigenvalue weighted by atomic mass is 32.2. The quantitative estimate of drug-likeness (QED) is 0.852. The third kappa shape index (κ3) is 4.99. The summed E-state index contributed by atoms with van der Waals surface area (Å²) in [4.78, 5) is 12.3. The summed E-state index contributed by atoms with van der Waals surface area (Å²) < 4.78 is 51.6. The number of nitrogens with zero attached hydrogens (tertiary/aromatic N) is 1. The fourth-order valence-electron chi connectivity index (χ4n) is 2.41. The minimum atomic E-state index is -3.82. The lowest BCUT2D eigenvalue weighted by Crippen LogP contribution is -2.47. The maximum absolute atomic E-state index is 13.4. The lowest BCUT2D eigenvalue weighted by molar-refractivity contribution is -0.122. The van der Waals surface area contributed by atoms with Gasteiger partial charge in [-0.25, -0.2) is 17.2 Å². The Balaban J connectivity index is 2.18. The molecule has 134 valence electrons. The molecular formula is C17H18F2N2O3S. The molecule has 25 heavy (non-hydrogen) atoms. The molecule has 2 aromatic rings. The van der Waals surface area contributed by atoms with Crippen molar-refractivity contribution < 1.29 is 22.0 Å². The number of benzene rings is 2. The molecule has 2 rings (SSSR count). The first-order valence-corrected chi connectivity index (χ1v) is 9.30. The van der Waals surface area contributed by atoms with E-state index in [1.165, 1.54) is 43.3 Å². The predicted molar refractivity (Wildman–Crippen MR) is 91.4 cm³/mol. The van der Waals surface area contributed by atoms with Crippen LogP contribution in [0.2, 0.25) is 0 Å². The Morgan fingerprint density at radius 3 is 2.28 bits per heavy atom. The summed E-state index contributed by atoms with van der Waals surface area (Å²) in [6.45, 7) is 1.44. The van der Waals surface area contributed by atoms with Crippen molar-refractivity contribution >= 4 is 21.6 Å². The second-order valence-corrected chi connectivity index (χ2v) is 7.42. The summed E-state index contributed by atoms with van der Waals surface area (Å²) in [5, 5.41) is 2.56. The van der Waals surface area contributed by atoms with Crippen LogP contribution in [-0.2, 0) is 21.4 Å². The Hall–Kier alpha value is -2.48. The van der Waals surface area contributed by atoms with E-state index in [-0.39, 0.29) is 12.2 Å². The molecule has 0 aliphatic heterocycles. The Morgan fingerprint density at radius 1 is 1.12 bits per heavy atom. The lowest BCUT2D eigenvalue weighted by atomic mass is 10.2. The van der Waals surface area contributed by atoms with E-state index in [0.29, 0.717) is 5.56 Å². The minimum absolute atomic E-state index is 0.0433. The first-order chi connectivity index (χ1) is 11.7. The molecule has 0 aromatic heterocycles. The molecule has 5 nitrogen and oxygen atoms in total. The second kappa shape index (κ2) is 7.60. The normalized spacial score (nSPS) is 12.5. The molecule has 0 bridgehead atoms. The van der Waals surface area contributed by atoms with Crippen LogP contribution in [0.25, 0.3) is 0 Å². The van der Waals surface area contributed by atoms with Crippen LogP contribution in [0.1, 0.15) is 12.5 Å². The standard InChI is InChI=1S/C17H18F2N2O3S/c1-12(17(22)20-11-13-5-3-6-14(18)9-13)21(25(2,23)24)16-8-4-7-15(19)10-16/h3-10,12H,11H2,1-2H3,(H,20,22). The van der Waals surface area contributed by atoms with Gasteiger partial charge in [-0.05, 0) is 42.8 Å². The average Bonchev–Trinajstić information content (AvgIpc) is 2.51. The molecule has 0 radical (unpaired) electrons. The van der Waals surface area contributed by atoms with Crippen molar-refractivity contribution in [2.24, 2.45) is 0 Å². The van der Waals surface area contributed by atoms with Crippen molar-refractivity contribution in [1.82, 2.24) is 5.32 Å². The molecule has 0 saturated carbocycles. The number of halogens is 2. The molecule has 0 heterocycles. The zero-order valence-electron chi connectivity index (χ0n) is 13.7. The van der Waals surface area contributed by atoms with Gasteiger partial charge in [-0.2, -0.15) is 0 Å². The molecule has 1 amide bonds. The largest absolute Gasteiger partial charge is 0.350 e. The summed E-state index contributed by atoms with van der Waals surface area (Å²) in [5.74, 6) is -1.63. The van der Waals surface area contributed by atoms with Crippen molar-refractivity contribution in [3.8, 4) is 0 Å². The molecule has 8 heteroatoms. The van der Waals surface area contributed by atoms with Gasteiger partial charge in [0.25, 0.3) is 0 Å². The van der Waals surface area contributed by atoms with Crippen LogP contribution in [0.4, 0.5) is 14.5 Å². The monoisotopic (exact) mass is 368 g/mol. The van der Waals surface area contributed by atoms with E-state index in [1.807, 2.05) is 0 Å². The number of anilines is 1. The number of hydrogen-bond donors (Lipinski definition) is 1. The van der Waals surface area contributed by atoms with Crippen molar-refractivity contribution in [2.75, 3.05) is 10.6 Å². The maximum Gasteiger partial charge on any atom is 0.243 e. The van der Waals surface area contributed by atoms with E-state index >= 15 is 0 Å². The van der Waals surface area contributed by atoms with Gasteiger partial charge in [0, 0.05) is 6.54 Å². The first-order valence-electron chi connectivity index (χ1n) is 7.45. The van der Waals surface area contributed by atoms with Gasteiger partial charge >= 0.3 is 0 Å². The Labute approximate surface area is 145 Å². The minimum Gasteiger partial charge on any atom is -0.350 e. The molecule has 1 unspecified atom stereocenters. The van der Waals surface area contributed by atoms with Gasteiger partial charge in [0.15, 0.2) is 0 Å². The van der Waals surface area contributed by atoms with Crippen LogP contribution in [0.3, 0.4) is 0 Å². The zero-order chi connectivity index (χ0) is 18.6. The highest BCUT2D eigenvalue weighted by Gasteiger charge is 2.29. The van der Waals surface area contributed by atoms with Crippen molar-refractivity contribution in [1.29, 1.82) is 0 Å². The summed E-state index contributed by atoms with van der Waals surface area (Å²) in [6, 6.07) is 9.57. The highest BCUT2D eigenvalue weighted by molar-refractivity contribution is 7.92. The van der Waals surface area contributed by atoms with E-state index in [9.17, 15) is 22.0 Å². The number of sulfonamides is 1. The van der Waals surface area contributed by atoms with Gasteiger partial charge in [-0.15, -0.1) is 0 Å². The molecule has 0 aliphatic carbocycles. The fraction of sp³-hybridized carbons (Fsp3) is 0.235. The Bertz CT molecular complexity index is 872. The summed E-state index contributed by atoms with van der Waals surface area (Å²) in [5.41, 5.74) is 0.591. The maximum atomic E-state index is 13.4. The predicted octanol–water partition coefficient (Wildman–Crippen LogP) is 2.44. The Kier molecular flexibility index (Phi) is 5.73. The average molecular weight is 368 g/mol. The molecule has 1 N–H and O–H groups in total. The molecule has 1 atom stereocenters. The van der Waals surface area contributed by atoms with Gasteiger partial charge < -0.3 is 5.32 Å². The first kappa shape index (κ1) is 18.9. The SMILES string of the molecule is CC(C(=O)NCc1cccc(F)c1)N(c1cccc(F)c1)S(C)(=O)=O. The number of hydrogen-bond acceptors (Lipinski definition) is 3. The van der Waals surface area contributed by atoms with Gasteiger partial charge in [0.2, 0.25) is 15.9 Å². The third-order valence-electron chi connectivity index (χ3n) is 3.51. The summed E-state index contributed by atoms with van der Waals surface area (Å²) in [6.07, 6.45) is 0.939. The van der Waals surface area contributed by atoms with Crippen molar-refractivity contribution in [3.63, 3.8) is 0 Å². The number of rotatable bonds is 6. The molecule has 2 aromatic carbocycles. The second-order valence-electron chi connectivity index (χ2n) is 5.56. The van der Waals surface area contributed by atoms with E-state index in [1.54, 1.807) is 6.07 Å². The smallest absolute Gasteiger partial charge is 0.243 e. The molecular weight excluding hydrogens is 350 g/mol. The van der Waals surface area contributed by atoms with E-state index in [0.717, 1.165) is 16.6 Å². The molecule has 0 aliphatic rings. The van der Waals surface area contributed by atoms with Crippen LogP contribution in [0.5, 0.6) is 0 Å². The number of carbonyl (C=O) groups is 1. The van der Waals surface area contributed by atoms with Crippen LogP contribution in [0, 0.1) is 11.6 Å². The molecule has 0 fully saturated rings. The molecule has 0 spiro atoms. The topological polar surface area (TPSA) is 66.5 Å². The lowest BCUT2D eigenvalue weighted by Gasteiger charge is -2.28. The summed E-state index contributed by atoms with van der Waals surface area (Å²) >= 11 is 0. The van der Waals surface area contributed by atoms with E-state index in [4.69, 9.17) is 0 Å². The van der Waals surface area contributed by atoms with E-state index in [2.05, 4.69) is 5.32 Å². The van der Waals surface area contributed by atoms with Gasteiger partial charge in [0.05, 0.1) is 11.9 Å². The van der Waals surface area contributed by atoms with Crippen LogP contribution in [-0.4, -0.2) is 26.6 Å². The van der Waals surface area contributed by atoms with E-state index < -0.39 is 33.6 Å². The highest BCUT2D eigenvalue weighted by Crippen LogP contribution is 2.21. The number of amides is 1. The van der Waals surface area contributed by atoms with Gasteiger partial charge in [-0.3, -0.25) is 9.10 Å².